The van der Waals surface area contributed by atoms with Gasteiger partial charge in [-0.3, -0.25) is 10.1 Å². The van der Waals surface area contributed by atoms with Crippen molar-refractivity contribution in [2.75, 3.05) is 0 Å². The zero-order chi connectivity index (χ0) is 14.7. The second-order valence-corrected chi connectivity index (χ2v) is 6.52. The van der Waals surface area contributed by atoms with E-state index in [4.69, 9.17) is 11.6 Å². The Balaban J connectivity index is 2.30. The van der Waals surface area contributed by atoms with E-state index in [0.717, 1.165) is 14.5 Å². The Morgan fingerprint density at radius 3 is 2.60 bits per heavy atom. The van der Waals surface area contributed by atoms with Crippen molar-refractivity contribution in [3.05, 3.63) is 72.7 Å². The summed E-state index contributed by atoms with van der Waals surface area (Å²) in [6, 6.07) is 12.4. The molecule has 0 amide bonds. The zero-order valence-electron chi connectivity index (χ0n) is 10.2. The fraction of sp³-hybridized carbons (Fsp3) is 0.143. The van der Waals surface area contributed by atoms with Gasteiger partial charge in [0.05, 0.1) is 10.3 Å². The summed E-state index contributed by atoms with van der Waals surface area (Å²) in [6.07, 6.45) is 0.397. The van der Waals surface area contributed by atoms with Crippen molar-refractivity contribution in [1.82, 2.24) is 0 Å². The maximum Gasteiger partial charge on any atom is 0.272 e. The van der Waals surface area contributed by atoms with Crippen molar-refractivity contribution in [3.63, 3.8) is 0 Å². The van der Waals surface area contributed by atoms with Crippen LogP contribution in [0.1, 0.15) is 16.5 Å². The lowest BCUT2D eigenvalue weighted by molar-refractivity contribution is -0.385. The van der Waals surface area contributed by atoms with Crippen molar-refractivity contribution in [3.8, 4) is 0 Å². The maximum absolute atomic E-state index is 11.0. The van der Waals surface area contributed by atoms with E-state index in [2.05, 4.69) is 31.9 Å². The van der Waals surface area contributed by atoms with E-state index in [1.54, 1.807) is 18.2 Å². The molecule has 0 saturated carbocycles. The molecule has 2 aromatic rings. The molecule has 0 bridgehead atoms. The van der Waals surface area contributed by atoms with Crippen LogP contribution in [0.2, 0.25) is 0 Å². The molecule has 0 aromatic heterocycles. The van der Waals surface area contributed by atoms with E-state index < -0.39 is 0 Å². The minimum atomic E-state index is -0.380. The Morgan fingerprint density at radius 2 is 1.90 bits per heavy atom. The van der Waals surface area contributed by atoms with Gasteiger partial charge >= 0.3 is 0 Å². The number of halogens is 3. The highest BCUT2D eigenvalue weighted by Gasteiger charge is 2.19. The van der Waals surface area contributed by atoms with Gasteiger partial charge in [-0.2, -0.15) is 0 Å². The summed E-state index contributed by atoms with van der Waals surface area (Å²) in [6.45, 7) is 0. The van der Waals surface area contributed by atoms with Crippen LogP contribution in [-0.4, -0.2) is 4.92 Å². The second-order valence-electron chi connectivity index (χ2n) is 4.22. The van der Waals surface area contributed by atoms with Crippen LogP contribution in [0.5, 0.6) is 0 Å². The van der Waals surface area contributed by atoms with E-state index in [1.165, 1.54) is 6.07 Å². The van der Waals surface area contributed by atoms with Crippen LogP contribution in [0.15, 0.2) is 51.4 Å². The number of alkyl halides is 1. The Labute approximate surface area is 138 Å². The van der Waals surface area contributed by atoms with Gasteiger partial charge in [0, 0.05) is 20.6 Å². The monoisotopic (exact) mass is 417 g/mol. The summed E-state index contributed by atoms with van der Waals surface area (Å²) in [4.78, 5) is 10.6. The lowest BCUT2D eigenvalue weighted by atomic mass is 10.0. The molecular formula is C14H10Br2ClNO2. The molecule has 6 heteroatoms. The van der Waals surface area contributed by atoms with Gasteiger partial charge in [0.25, 0.3) is 5.69 Å². The first-order chi connectivity index (χ1) is 9.49. The van der Waals surface area contributed by atoms with E-state index in [1.807, 2.05) is 18.2 Å². The van der Waals surface area contributed by atoms with E-state index in [-0.39, 0.29) is 16.0 Å². The molecular weight excluding hydrogens is 409 g/mol. The van der Waals surface area contributed by atoms with Gasteiger partial charge in [0.2, 0.25) is 0 Å². The van der Waals surface area contributed by atoms with Gasteiger partial charge < -0.3 is 0 Å². The number of nitrogens with zero attached hydrogens (tertiary/aromatic N) is 1. The van der Waals surface area contributed by atoms with Crippen molar-refractivity contribution in [1.29, 1.82) is 0 Å². The van der Waals surface area contributed by atoms with Crippen LogP contribution in [0.3, 0.4) is 0 Å². The lowest BCUT2D eigenvalue weighted by Crippen LogP contribution is -2.01. The fourth-order valence-corrected chi connectivity index (χ4v) is 3.30. The summed E-state index contributed by atoms with van der Waals surface area (Å²) in [7, 11) is 0. The van der Waals surface area contributed by atoms with Crippen molar-refractivity contribution in [2.24, 2.45) is 0 Å². The molecule has 0 aliphatic carbocycles. The number of hydrogen-bond donors (Lipinski definition) is 0. The molecule has 2 rings (SSSR count). The Kier molecular flexibility index (Phi) is 5.18. The molecule has 1 atom stereocenters. The van der Waals surface area contributed by atoms with Gasteiger partial charge in [-0.1, -0.05) is 50.1 Å². The summed E-state index contributed by atoms with van der Waals surface area (Å²) >= 11 is 13.3. The third-order valence-corrected chi connectivity index (χ3v) is 4.49. The van der Waals surface area contributed by atoms with E-state index in [9.17, 15) is 10.1 Å². The molecule has 20 heavy (non-hydrogen) atoms. The van der Waals surface area contributed by atoms with Gasteiger partial charge in [-0.25, -0.2) is 0 Å². The van der Waals surface area contributed by atoms with Crippen LogP contribution in [0.4, 0.5) is 5.69 Å². The first kappa shape index (κ1) is 15.5. The molecule has 0 fully saturated rings. The molecule has 0 spiro atoms. The number of rotatable bonds is 4. The third-order valence-electron chi connectivity index (χ3n) is 2.88. The highest BCUT2D eigenvalue weighted by atomic mass is 79.9. The predicted octanol–water partition coefficient (Wildman–Crippen LogP) is 5.64. The minimum Gasteiger partial charge on any atom is -0.258 e. The molecule has 0 heterocycles. The molecule has 0 aliphatic heterocycles. The third kappa shape index (κ3) is 3.59. The van der Waals surface area contributed by atoms with Gasteiger partial charge in [-0.15, -0.1) is 11.6 Å². The first-order valence-electron chi connectivity index (χ1n) is 5.80. The van der Waals surface area contributed by atoms with Crippen molar-refractivity contribution in [2.45, 2.75) is 11.8 Å². The zero-order valence-corrected chi connectivity index (χ0v) is 14.2. The predicted molar refractivity (Wildman–Crippen MR) is 87.2 cm³/mol. The van der Waals surface area contributed by atoms with Crippen LogP contribution in [-0.2, 0) is 6.42 Å². The van der Waals surface area contributed by atoms with Gasteiger partial charge in [0.1, 0.15) is 0 Å². The molecule has 0 saturated heterocycles. The van der Waals surface area contributed by atoms with Crippen LogP contribution >= 0.6 is 43.5 Å². The summed E-state index contributed by atoms with van der Waals surface area (Å²) in [5, 5.41) is 10.7. The number of nitro groups is 1. The van der Waals surface area contributed by atoms with Crippen molar-refractivity contribution < 1.29 is 4.92 Å². The standard InChI is InChI=1S/C14H10Br2ClNO2/c15-10-5-6-12(16)11(8-10)13(17)7-9-3-1-2-4-14(9)18(19)20/h1-6,8,13H,7H2. The Hall–Kier alpha value is -0.910. The van der Waals surface area contributed by atoms with Crippen LogP contribution in [0.25, 0.3) is 0 Å². The summed E-state index contributed by atoms with van der Waals surface area (Å²) < 4.78 is 1.81. The second kappa shape index (κ2) is 6.70. The number of benzene rings is 2. The topological polar surface area (TPSA) is 43.1 Å². The van der Waals surface area contributed by atoms with Crippen LogP contribution in [0, 0.1) is 10.1 Å². The lowest BCUT2D eigenvalue weighted by Gasteiger charge is -2.12. The van der Waals surface area contributed by atoms with E-state index in [0.29, 0.717) is 12.0 Å². The fourth-order valence-electron chi connectivity index (χ4n) is 1.92. The van der Waals surface area contributed by atoms with Gasteiger partial charge in [-0.05, 0) is 30.2 Å². The number of nitro benzene ring substituents is 1. The molecule has 0 aliphatic rings. The highest BCUT2D eigenvalue weighted by Crippen LogP contribution is 2.34. The quantitative estimate of drug-likeness (QED) is 0.366. The molecule has 104 valence electrons. The van der Waals surface area contributed by atoms with Crippen molar-refractivity contribution >= 4 is 49.1 Å². The molecule has 0 radical (unpaired) electrons. The van der Waals surface area contributed by atoms with Gasteiger partial charge in [0.15, 0.2) is 0 Å². The first-order valence-corrected chi connectivity index (χ1v) is 7.82. The molecule has 3 nitrogen and oxygen atoms in total. The largest absolute Gasteiger partial charge is 0.272 e. The average molecular weight is 420 g/mol. The molecule has 2 aromatic carbocycles. The smallest absolute Gasteiger partial charge is 0.258 e. The minimum absolute atomic E-state index is 0.101. The Morgan fingerprint density at radius 1 is 1.20 bits per heavy atom. The maximum atomic E-state index is 11.0. The summed E-state index contributed by atoms with van der Waals surface area (Å²) in [5.74, 6) is 0. The van der Waals surface area contributed by atoms with Crippen LogP contribution < -0.4 is 0 Å². The summed E-state index contributed by atoms with van der Waals surface area (Å²) in [5.41, 5.74) is 1.63. The molecule has 1 unspecified atom stereocenters. The number of hydrogen-bond acceptors (Lipinski definition) is 2. The SMILES string of the molecule is O=[N+]([O-])c1ccccc1CC(Cl)c1cc(Br)ccc1Br. The normalized spacial score (nSPS) is 12.2. The molecule has 0 N–H and O–H groups in total. The Bertz CT molecular complexity index is 649. The highest BCUT2D eigenvalue weighted by molar-refractivity contribution is 9.11. The number of para-hydroxylation sites is 1. The average Bonchev–Trinajstić information content (AvgIpc) is 2.41. The van der Waals surface area contributed by atoms with E-state index >= 15 is 0 Å².